The van der Waals surface area contributed by atoms with Gasteiger partial charge in [-0.3, -0.25) is 14.4 Å². The van der Waals surface area contributed by atoms with Gasteiger partial charge in [0, 0.05) is 51.2 Å². The summed E-state index contributed by atoms with van der Waals surface area (Å²) in [5.41, 5.74) is 1.24. The van der Waals surface area contributed by atoms with Gasteiger partial charge in [0.05, 0.1) is 52.4 Å². The standard InChI is InChI=1S/C53H84O16/c1-32(2)23-46(55)66-43(49(65-39(10)54)38(9)42(20-15-36(7)51(57)60-14)61-30-40-16-18-41(59-13)19-17-40)27-37(8)48(67-47(56)24-33(3)4)44-25-34(5)28-53(68-44)29-35(6)26-45(69-53)50(62-31-58-12)52(11)63-21-22-64-52/h15-19,32-35,37-38,42-45,48-50H,20-31H2,1-14H3/b36-15+/t34-,35+,37-,38-,42-,43+,44-,45-,48-,49+,50+,53-/m0/s1. The lowest BCUT2D eigenvalue weighted by Crippen LogP contribution is -2.60. The molecular weight excluding hydrogens is 893 g/mol. The lowest BCUT2D eigenvalue weighted by molar-refractivity contribution is -0.368. The summed E-state index contributed by atoms with van der Waals surface area (Å²) in [4.78, 5) is 53.3. The molecule has 0 amide bonds. The molecule has 3 aliphatic rings. The van der Waals surface area contributed by atoms with E-state index < -0.39 is 84.0 Å². The fourth-order valence-corrected chi connectivity index (χ4v) is 10.0. The molecule has 0 aromatic heterocycles. The second kappa shape index (κ2) is 27.3. The molecule has 3 saturated heterocycles. The van der Waals surface area contributed by atoms with Crippen LogP contribution < -0.4 is 4.74 Å². The van der Waals surface area contributed by atoms with Crippen molar-refractivity contribution in [1.29, 1.82) is 0 Å². The van der Waals surface area contributed by atoms with Gasteiger partial charge >= 0.3 is 23.9 Å². The van der Waals surface area contributed by atoms with Crippen LogP contribution in [-0.4, -0.2) is 120 Å². The topological polar surface area (TPSA) is 179 Å². The van der Waals surface area contributed by atoms with Gasteiger partial charge in [-0.25, -0.2) is 4.79 Å². The molecule has 16 nitrogen and oxygen atoms in total. The number of carbonyl (C=O) groups excluding carboxylic acids is 4. The van der Waals surface area contributed by atoms with Crippen LogP contribution in [0.5, 0.6) is 5.75 Å². The van der Waals surface area contributed by atoms with Crippen LogP contribution in [0.3, 0.4) is 0 Å². The summed E-state index contributed by atoms with van der Waals surface area (Å²) in [6, 6.07) is 7.45. The summed E-state index contributed by atoms with van der Waals surface area (Å²) in [6.07, 6.45) is -0.544. The van der Waals surface area contributed by atoms with Crippen LogP contribution in [-0.2, 0) is 77.9 Å². The molecule has 0 N–H and O–H groups in total. The van der Waals surface area contributed by atoms with Gasteiger partial charge in [-0.15, -0.1) is 0 Å². The van der Waals surface area contributed by atoms with Gasteiger partial charge in [0.2, 0.25) is 0 Å². The van der Waals surface area contributed by atoms with Gasteiger partial charge < -0.3 is 56.8 Å². The van der Waals surface area contributed by atoms with Gasteiger partial charge in [-0.2, -0.15) is 0 Å². The van der Waals surface area contributed by atoms with Crippen LogP contribution >= 0.6 is 0 Å². The Morgan fingerprint density at radius 3 is 1.90 bits per heavy atom. The highest BCUT2D eigenvalue weighted by molar-refractivity contribution is 5.87. The van der Waals surface area contributed by atoms with Crippen molar-refractivity contribution >= 4 is 23.9 Å². The molecule has 3 heterocycles. The van der Waals surface area contributed by atoms with E-state index in [1.807, 2.05) is 72.7 Å². The summed E-state index contributed by atoms with van der Waals surface area (Å²) in [5.74, 6) is -4.27. The lowest BCUT2D eigenvalue weighted by atomic mass is 9.78. The third-order valence-corrected chi connectivity index (χ3v) is 13.2. The first-order valence-corrected chi connectivity index (χ1v) is 24.9. The number of methoxy groups -OCH3 is 3. The minimum atomic E-state index is -1.07. The molecule has 0 radical (unpaired) electrons. The zero-order valence-corrected chi connectivity index (χ0v) is 43.9. The number of ether oxygens (including phenoxy) is 12. The van der Waals surface area contributed by atoms with Crippen molar-refractivity contribution in [2.45, 2.75) is 188 Å². The van der Waals surface area contributed by atoms with Gasteiger partial charge in [0.15, 0.2) is 11.6 Å². The fraction of sp³-hybridized carbons (Fsp3) is 0.774. The molecule has 3 fully saturated rings. The van der Waals surface area contributed by atoms with E-state index in [1.54, 1.807) is 27.2 Å². The monoisotopic (exact) mass is 977 g/mol. The molecule has 0 aliphatic carbocycles. The Hall–Kier alpha value is -3.64. The third kappa shape index (κ3) is 17.6. The Bertz CT molecular complexity index is 1790. The van der Waals surface area contributed by atoms with E-state index in [0.29, 0.717) is 50.2 Å². The van der Waals surface area contributed by atoms with Crippen LogP contribution in [0.4, 0.5) is 0 Å². The van der Waals surface area contributed by atoms with Gasteiger partial charge in [-0.05, 0) is 86.8 Å². The summed E-state index contributed by atoms with van der Waals surface area (Å²) < 4.78 is 74.1. The zero-order chi connectivity index (χ0) is 51.1. The molecule has 1 aromatic carbocycles. The molecule has 4 rings (SSSR count). The predicted octanol–water partition coefficient (Wildman–Crippen LogP) is 8.68. The molecule has 1 spiro atoms. The Balaban J connectivity index is 1.75. The third-order valence-electron chi connectivity index (χ3n) is 13.2. The van der Waals surface area contributed by atoms with E-state index in [9.17, 15) is 19.2 Å². The van der Waals surface area contributed by atoms with E-state index in [1.165, 1.54) is 14.0 Å². The van der Waals surface area contributed by atoms with E-state index >= 15 is 0 Å². The second-order valence-electron chi connectivity index (χ2n) is 20.7. The maximum absolute atomic E-state index is 13.8. The van der Waals surface area contributed by atoms with Crippen LogP contribution in [0.25, 0.3) is 0 Å². The van der Waals surface area contributed by atoms with Crippen molar-refractivity contribution in [2.75, 3.05) is 41.3 Å². The SMILES string of the molecule is COCO[C@H]([C@@H]1C[C@@H](C)C[C@]2(C[C@@H](C)C[C@@H]([C@@H](OC(=O)CC(C)C)[C@@H](C)C[C@@H](OC(=O)CC(C)C)[C@H](OC(C)=O)[C@@H](C)[C@H](C/C=C(\C)C(=O)OC)OCc3ccc(OC)cc3)O2)O1)C1(C)OCCO1. The molecular formula is C53H84O16. The van der Waals surface area contributed by atoms with Crippen molar-refractivity contribution < 1.29 is 76.0 Å². The highest BCUT2D eigenvalue weighted by Gasteiger charge is 2.55. The maximum atomic E-state index is 13.8. The average molecular weight is 977 g/mol. The Morgan fingerprint density at radius 2 is 1.35 bits per heavy atom. The molecule has 69 heavy (non-hydrogen) atoms. The van der Waals surface area contributed by atoms with E-state index in [0.717, 1.165) is 5.56 Å². The number of hydrogen-bond donors (Lipinski definition) is 0. The van der Waals surface area contributed by atoms with E-state index in [-0.39, 0.29) is 68.7 Å². The number of hydrogen-bond acceptors (Lipinski definition) is 16. The Morgan fingerprint density at radius 1 is 0.768 bits per heavy atom. The van der Waals surface area contributed by atoms with Crippen molar-refractivity contribution in [2.24, 2.45) is 35.5 Å². The van der Waals surface area contributed by atoms with Gasteiger partial charge in [0.1, 0.15) is 37.0 Å². The summed E-state index contributed by atoms with van der Waals surface area (Å²) >= 11 is 0. The maximum Gasteiger partial charge on any atom is 0.333 e. The van der Waals surface area contributed by atoms with E-state index in [2.05, 4.69) is 13.8 Å². The molecule has 0 saturated carbocycles. The van der Waals surface area contributed by atoms with Crippen molar-refractivity contribution in [3.63, 3.8) is 0 Å². The number of rotatable bonds is 26. The minimum Gasteiger partial charge on any atom is -0.497 e. The van der Waals surface area contributed by atoms with Gasteiger partial charge in [0.25, 0.3) is 0 Å². The summed E-state index contributed by atoms with van der Waals surface area (Å²) in [7, 11) is 4.47. The normalized spacial score (nSPS) is 25.8. The highest BCUT2D eigenvalue weighted by Crippen LogP contribution is 2.47. The molecule has 0 bridgehead atoms. The summed E-state index contributed by atoms with van der Waals surface area (Å²) in [5, 5.41) is 0. The number of benzene rings is 1. The molecule has 0 unspecified atom stereocenters. The van der Waals surface area contributed by atoms with E-state index in [4.69, 9.17) is 56.8 Å². The number of carbonyl (C=O) groups is 4. The van der Waals surface area contributed by atoms with Crippen LogP contribution in [0.2, 0.25) is 0 Å². The first-order valence-electron chi connectivity index (χ1n) is 24.9. The molecule has 392 valence electrons. The molecule has 1 aromatic rings. The van der Waals surface area contributed by atoms with Crippen LogP contribution in [0, 0.1) is 35.5 Å². The van der Waals surface area contributed by atoms with Crippen molar-refractivity contribution in [3.05, 3.63) is 41.5 Å². The second-order valence-corrected chi connectivity index (χ2v) is 20.7. The Labute approximate surface area is 411 Å². The van der Waals surface area contributed by atoms with Gasteiger partial charge in [-0.1, -0.05) is 73.6 Å². The quantitative estimate of drug-likeness (QED) is 0.0372. The predicted molar refractivity (Wildman–Crippen MR) is 255 cm³/mol. The van der Waals surface area contributed by atoms with Crippen molar-refractivity contribution in [3.8, 4) is 5.75 Å². The smallest absolute Gasteiger partial charge is 0.333 e. The van der Waals surface area contributed by atoms with Crippen molar-refractivity contribution in [1.82, 2.24) is 0 Å². The molecule has 16 heteroatoms. The summed E-state index contributed by atoms with van der Waals surface area (Å²) in [6.45, 7) is 21.7. The fourth-order valence-electron chi connectivity index (χ4n) is 10.0. The molecule has 12 atom stereocenters. The first-order chi connectivity index (χ1) is 32.6. The largest absolute Gasteiger partial charge is 0.497 e. The minimum absolute atomic E-state index is 0.00866. The molecule has 3 aliphatic heterocycles. The first kappa shape index (κ1) is 57.9. The lowest BCUT2D eigenvalue weighted by Gasteiger charge is -2.53. The number of esters is 4. The highest BCUT2D eigenvalue weighted by atomic mass is 16.8. The van der Waals surface area contributed by atoms with Crippen LogP contribution in [0.1, 0.15) is 133 Å². The zero-order valence-electron chi connectivity index (χ0n) is 43.9. The Kier molecular flexibility index (Phi) is 22.9. The van der Waals surface area contributed by atoms with Crippen LogP contribution in [0.15, 0.2) is 35.9 Å². The average Bonchev–Trinajstić information content (AvgIpc) is 3.72.